The summed E-state index contributed by atoms with van der Waals surface area (Å²) in [5, 5.41) is 8.57. The molecule has 1 aliphatic heterocycles. The minimum atomic E-state index is -4.55. The maximum Gasteiger partial charge on any atom is 0.435 e. The van der Waals surface area contributed by atoms with Gasteiger partial charge >= 0.3 is 6.18 Å². The van der Waals surface area contributed by atoms with Gasteiger partial charge in [-0.2, -0.15) is 18.3 Å². The van der Waals surface area contributed by atoms with Gasteiger partial charge in [0.2, 0.25) is 11.8 Å². The van der Waals surface area contributed by atoms with Gasteiger partial charge in [0.25, 0.3) is 0 Å². The number of carbonyl (C=O) groups is 2. The number of amides is 2. The van der Waals surface area contributed by atoms with Crippen LogP contribution < -0.4 is 10.6 Å². The average molecular weight is 356 g/mol. The van der Waals surface area contributed by atoms with Crippen molar-refractivity contribution in [3.63, 3.8) is 0 Å². The van der Waals surface area contributed by atoms with E-state index in [-0.39, 0.29) is 12.5 Å². The van der Waals surface area contributed by atoms with Crippen molar-refractivity contribution in [1.82, 2.24) is 9.78 Å². The van der Waals surface area contributed by atoms with Gasteiger partial charge in [-0.3, -0.25) is 14.3 Å². The Balaban J connectivity index is 1.66. The first-order valence-electron chi connectivity index (χ1n) is 6.78. The molecule has 1 aromatic carbocycles. The van der Waals surface area contributed by atoms with E-state index in [1.165, 1.54) is 11.8 Å². The van der Waals surface area contributed by atoms with Crippen molar-refractivity contribution in [3.05, 3.63) is 36.2 Å². The minimum absolute atomic E-state index is 0.132. The van der Waals surface area contributed by atoms with Crippen LogP contribution in [0.1, 0.15) is 5.69 Å². The summed E-state index contributed by atoms with van der Waals surface area (Å²) in [5.74, 6) is -0.326. The molecule has 10 heteroatoms. The van der Waals surface area contributed by atoms with Crippen molar-refractivity contribution in [3.8, 4) is 0 Å². The molecule has 0 unspecified atom stereocenters. The number of nitrogens with one attached hydrogen (secondary N) is 2. The topological polar surface area (TPSA) is 76.0 Å². The summed E-state index contributed by atoms with van der Waals surface area (Å²) >= 11 is 1.39. The van der Waals surface area contributed by atoms with Crippen LogP contribution in [0.25, 0.3) is 0 Å². The number of thioether (sulfide) groups is 1. The molecule has 2 amide bonds. The zero-order valence-corrected chi connectivity index (χ0v) is 12.9. The molecular weight excluding hydrogens is 345 g/mol. The van der Waals surface area contributed by atoms with Crippen molar-refractivity contribution in [2.75, 3.05) is 16.4 Å². The van der Waals surface area contributed by atoms with Gasteiger partial charge in [0, 0.05) is 16.8 Å². The monoisotopic (exact) mass is 356 g/mol. The molecule has 0 saturated heterocycles. The first kappa shape index (κ1) is 16.4. The first-order chi connectivity index (χ1) is 11.3. The van der Waals surface area contributed by atoms with Crippen LogP contribution >= 0.6 is 11.8 Å². The number of halogens is 3. The van der Waals surface area contributed by atoms with Crippen LogP contribution in [-0.4, -0.2) is 27.3 Å². The van der Waals surface area contributed by atoms with Gasteiger partial charge in [-0.1, -0.05) is 0 Å². The average Bonchev–Trinajstić information content (AvgIpc) is 2.95. The highest BCUT2D eigenvalue weighted by Gasteiger charge is 2.33. The van der Waals surface area contributed by atoms with Crippen LogP contribution in [-0.2, 0) is 22.3 Å². The number of nitrogens with zero attached hydrogens (tertiary/aromatic N) is 2. The summed E-state index contributed by atoms with van der Waals surface area (Å²) in [5.41, 5.74) is -0.0268. The van der Waals surface area contributed by atoms with Crippen LogP contribution in [0.15, 0.2) is 35.4 Å². The number of rotatable bonds is 3. The standard InChI is InChI=1S/C14H11F3N4O2S/c15-14(16,17)11-3-4-21(20-11)6-12(22)18-8-1-2-10-9(5-8)19-13(23)7-24-10/h1-5H,6-7H2,(H,18,22)(H,19,23). The molecule has 126 valence electrons. The Labute approximate surface area is 138 Å². The fourth-order valence-electron chi connectivity index (χ4n) is 2.11. The van der Waals surface area contributed by atoms with E-state index < -0.39 is 17.8 Å². The highest BCUT2D eigenvalue weighted by Crippen LogP contribution is 2.33. The van der Waals surface area contributed by atoms with Gasteiger partial charge in [0.05, 0.1) is 11.4 Å². The molecule has 0 saturated carbocycles. The number of hydrogen-bond acceptors (Lipinski definition) is 4. The van der Waals surface area contributed by atoms with Crippen LogP contribution in [0.3, 0.4) is 0 Å². The van der Waals surface area contributed by atoms with Crippen LogP contribution in [0.5, 0.6) is 0 Å². The molecule has 0 radical (unpaired) electrons. The Morgan fingerprint density at radius 2 is 2.17 bits per heavy atom. The normalized spacial score (nSPS) is 14.0. The Hall–Kier alpha value is -2.49. The van der Waals surface area contributed by atoms with Crippen molar-refractivity contribution < 1.29 is 22.8 Å². The highest BCUT2D eigenvalue weighted by molar-refractivity contribution is 8.00. The molecule has 2 aromatic rings. The van der Waals surface area contributed by atoms with Gasteiger partial charge in [0.1, 0.15) is 6.54 Å². The molecule has 2 N–H and O–H groups in total. The van der Waals surface area contributed by atoms with Crippen LogP contribution in [0, 0.1) is 0 Å². The number of fused-ring (bicyclic) bond motifs is 1. The smallest absolute Gasteiger partial charge is 0.324 e. The number of hydrogen-bond donors (Lipinski definition) is 2. The third-order valence-corrected chi connectivity index (χ3v) is 4.21. The quantitative estimate of drug-likeness (QED) is 0.886. The summed E-state index contributed by atoms with van der Waals surface area (Å²) < 4.78 is 38.3. The molecule has 0 fully saturated rings. The minimum Gasteiger partial charge on any atom is -0.324 e. The fourth-order valence-corrected chi connectivity index (χ4v) is 2.90. The molecule has 1 aromatic heterocycles. The lowest BCUT2D eigenvalue weighted by Gasteiger charge is -2.17. The second-order valence-corrected chi connectivity index (χ2v) is 6.01. The van der Waals surface area contributed by atoms with Gasteiger partial charge in [-0.25, -0.2) is 0 Å². The van der Waals surface area contributed by atoms with E-state index in [1.54, 1.807) is 18.2 Å². The number of carbonyl (C=O) groups excluding carboxylic acids is 2. The van der Waals surface area contributed by atoms with Gasteiger partial charge in [-0.05, 0) is 24.3 Å². The number of anilines is 2. The lowest BCUT2D eigenvalue weighted by Crippen LogP contribution is -2.21. The van der Waals surface area contributed by atoms with Crippen molar-refractivity contribution in [2.45, 2.75) is 17.6 Å². The van der Waals surface area contributed by atoms with Crippen LogP contribution in [0.4, 0.5) is 24.5 Å². The maximum absolute atomic E-state index is 12.5. The SMILES string of the molecule is O=C(Cn1ccc(C(F)(F)F)n1)Nc1ccc2c(c1)NC(=O)CS2. The predicted molar refractivity (Wildman–Crippen MR) is 81.7 cm³/mol. The summed E-state index contributed by atoms with van der Waals surface area (Å²) in [4.78, 5) is 24.2. The highest BCUT2D eigenvalue weighted by atomic mass is 32.2. The van der Waals surface area contributed by atoms with Crippen molar-refractivity contribution in [2.24, 2.45) is 0 Å². The molecule has 24 heavy (non-hydrogen) atoms. The van der Waals surface area contributed by atoms with Gasteiger partial charge in [0.15, 0.2) is 5.69 Å². The molecule has 2 heterocycles. The molecule has 1 aliphatic rings. The lowest BCUT2D eigenvalue weighted by molar-refractivity contribution is -0.141. The Morgan fingerprint density at radius 3 is 2.88 bits per heavy atom. The summed E-state index contributed by atoms with van der Waals surface area (Å²) in [6.07, 6.45) is -3.46. The van der Waals surface area contributed by atoms with Crippen LogP contribution in [0.2, 0.25) is 0 Å². The van der Waals surface area contributed by atoms with E-state index in [1.807, 2.05) is 0 Å². The van der Waals surface area contributed by atoms with Gasteiger partial charge in [-0.15, -0.1) is 11.8 Å². The van der Waals surface area contributed by atoms with E-state index in [0.29, 0.717) is 17.1 Å². The lowest BCUT2D eigenvalue weighted by atomic mass is 10.2. The molecule has 0 aliphatic carbocycles. The number of alkyl halides is 3. The van der Waals surface area contributed by atoms with Gasteiger partial charge < -0.3 is 10.6 Å². The summed E-state index contributed by atoms with van der Waals surface area (Å²) in [6.45, 7) is -0.353. The second kappa shape index (κ2) is 6.19. The zero-order chi connectivity index (χ0) is 17.3. The van der Waals surface area contributed by atoms with E-state index >= 15 is 0 Å². The largest absolute Gasteiger partial charge is 0.435 e. The van der Waals surface area contributed by atoms with E-state index in [9.17, 15) is 22.8 Å². The zero-order valence-electron chi connectivity index (χ0n) is 12.1. The number of aromatic nitrogens is 2. The summed E-state index contributed by atoms with van der Waals surface area (Å²) in [6, 6.07) is 5.82. The maximum atomic E-state index is 12.5. The number of benzene rings is 1. The molecular formula is C14H11F3N4O2S. The Kier molecular flexibility index (Phi) is 4.22. The summed E-state index contributed by atoms with van der Waals surface area (Å²) in [7, 11) is 0. The van der Waals surface area contributed by atoms with E-state index in [0.717, 1.165) is 21.8 Å². The van der Waals surface area contributed by atoms with Crippen molar-refractivity contribution >= 4 is 35.0 Å². The molecule has 0 spiro atoms. The third kappa shape index (κ3) is 3.70. The second-order valence-electron chi connectivity index (χ2n) is 4.99. The van der Waals surface area contributed by atoms with E-state index in [2.05, 4.69) is 15.7 Å². The van der Waals surface area contributed by atoms with E-state index in [4.69, 9.17) is 0 Å². The molecule has 6 nitrogen and oxygen atoms in total. The predicted octanol–water partition coefficient (Wildman–Crippen LogP) is 2.58. The fraction of sp³-hybridized carbons (Fsp3) is 0.214. The Morgan fingerprint density at radius 1 is 1.38 bits per heavy atom. The van der Waals surface area contributed by atoms with Crippen molar-refractivity contribution in [1.29, 1.82) is 0 Å². The molecule has 0 bridgehead atoms. The molecule has 0 atom stereocenters. The first-order valence-corrected chi connectivity index (χ1v) is 7.77. The Bertz CT molecular complexity index is 804. The third-order valence-electron chi connectivity index (χ3n) is 3.13. The molecule has 3 rings (SSSR count).